The van der Waals surface area contributed by atoms with Gasteiger partial charge >= 0.3 is 7.12 Å². The van der Waals surface area contributed by atoms with Crippen molar-refractivity contribution in [2.24, 2.45) is 11.8 Å². The van der Waals surface area contributed by atoms with Crippen LogP contribution in [0.4, 0.5) is 0 Å². The first kappa shape index (κ1) is 14.4. The highest BCUT2D eigenvalue weighted by Crippen LogP contribution is 2.38. The molecule has 1 aromatic rings. The molecule has 4 nitrogen and oxygen atoms in total. The Hall–Kier alpha value is -1.04. The number of methoxy groups -OCH3 is 1. The molecule has 0 amide bonds. The van der Waals surface area contributed by atoms with E-state index in [0.717, 1.165) is 29.7 Å². The van der Waals surface area contributed by atoms with Crippen LogP contribution in [0.5, 0.6) is 5.75 Å². The van der Waals surface area contributed by atoms with Crippen LogP contribution in [0.2, 0.25) is 0 Å². The van der Waals surface area contributed by atoms with Crippen LogP contribution < -0.4 is 10.2 Å². The maximum atomic E-state index is 9.41. The molecule has 0 saturated heterocycles. The molecule has 1 saturated carbocycles. The van der Waals surface area contributed by atoms with Gasteiger partial charge in [-0.25, -0.2) is 0 Å². The van der Waals surface area contributed by atoms with Gasteiger partial charge in [-0.3, -0.25) is 0 Å². The summed E-state index contributed by atoms with van der Waals surface area (Å²) < 4.78 is 5.20. The van der Waals surface area contributed by atoms with Gasteiger partial charge < -0.3 is 19.7 Å². The average Bonchev–Trinajstić information content (AvgIpc) is 3.03. The molecule has 1 aromatic carbocycles. The summed E-state index contributed by atoms with van der Waals surface area (Å²) in [4.78, 5) is 2.23. The van der Waals surface area contributed by atoms with E-state index in [2.05, 4.69) is 18.9 Å². The fourth-order valence-electron chi connectivity index (χ4n) is 2.51. The molecule has 5 heteroatoms. The van der Waals surface area contributed by atoms with Crippen LogP contribution in [0.25, 0.3) is 0 Å². The Morgan fingerprint density at radius 3 is 2.63 bits per heavy atom. The molecule has 0 aliphatic heterocycles. The number of rotatable bonds is 6. The largest absolute Gasteiger partial charge is 0.497 e. The minimum atomic E-state index is -1.44. The van der Waals surface area contributed by atoms with Gasteiger partial charge in [0, 0.05) is 13.1 Å². The normalized spacial score (nSPS) is 21.6. The van der Waals surface area contributed by atoms with Crippen molar-refractivity contribution in [2.45, 2.75) is 19.9 Å². The van der Waals surface area contributed by atoms with Gasteiger partial charge in [0.25, 0.3) is 0 Å². The van der Waals surface area contributed by atoms with Crippen molar-refractivity contribution in [1.29, 1.82) is 0 Å². The fourth-order valence-corrected chi connectivity index (χ4v) is 2.51. The Labute approximate surface area is 115 Å². The third kappa shape index (κ3) is 3.72. The van der Waals surface area contributed by atoms with E-state index in [1.807, 2.05) is 6.07 Å². The van der Waals surface area contributed by atoms with E-state index in [1.54, 1.807) is 19.2 Å². The molecule has 19 heavy (non-hydrogen) atoms. The van der Waals surface area contributed by atoms with Crippen LogP contribution in [-0.2, 0) is 6.54 Å². The molecule has 0 spiro atoms. The van der Waals surface area contributed by atoms with Gasteiger partial charge in [-0.2, -0.15) is 0 Å². The van der Waals surface area contributed by atoms with E-state index >= 15 is 0 Å². The van der Waals surface area contributed by atoms with Gasteiger partial charge in [0.05, 0.1) is 7.11 Å². The summed E-state index contributed by atoms with van der Waals surface area (Å²) in [5, 5.41) is 18.8. The zero-order valence-corrected chi connectivity index (χ0v) is 11.8. The SMILES string of the molecule is COc1ccc(B(O)O)c(CN(C)CC2CC2C)c1. The summed E-state index contributed by atoms with van der Waals surface area (Å²) in [6, 6.07) is 5.34. The lowest BCUT2D eigenvalue weighted by Gasteiger charge is -2.19. The van der Waals surface area contributed by atoms with Crippen molar-refractivity contribution in [2.75, 3.05) is 20.7 Å². The zero-order chi connectivity index (χ0) is 14.0. The predicted molar refractivity (Wildman–Crippen MR) is 76.4 cm³/mol. The van der Waals surface area contributed by atoms with Crippen LogP contribution in [0, 0.1) is 11.8 Å². The minimum Gasteiger partial charge on any atom is -0.497 e. The van der Waals surface area contributed by atoms with Crippen LogP contribution in [0.3, 0.4) is 0 Å². The van der Waals surface area contributed by atoms with E-state index in [4.69, 9.17) is 4.74 Å². The minimum absolute atomic E-state index is 0.552. The Balaban J connectivity index is 2.07. The van der Waals surface area contributed by atoms with Crippen molar-refractivity contribution in [1.82, 2.24) is 4.90 Å². The van der Waals surface area contributed by atoms with E-state index < -0.39 is 7.12 Å². The molecule has 104 valence electrons. The molecule has 1 aliphatic rings. The standard InChI is InChI=1S/C14H22BNO3/c1-10-6-11(10)8-16(2)9-12-7-13(19-3)4-5-14(12)15(17)18/h4-5,7,10-11,17-18H,6,8-9H2,1-3H3. The van der Waals surface area contributed by atoms with Crippen molar-refractivity contribution in [3.05, 3.63) is 23.8 Å². The highest BCUT2D eigenvalue weighted by Gasteiger charge is 2.33. The summed E-state index contributed by atoms with van der Waals surface area (Å²) in [5.74, 6) is 2.36. The third-order valence-electron chi connectivity index (χ3n) is 3.89. The van der Waals surface area contributed by atoms with Crippen LogP contribution in [-0.4, -0.2) is 42.8 Å². The lowest BCUT2D eigenvalue weighted by Crippen LogP contribution is -2.35. The van der Waals surface area contributed by atoms with Crippen molar-refractivity contribution in [3.8, 4) is 5.75 Å². The molecule has 1 aliphatic carbocycles. The number of ether oxygens (including phenoxy) is 1. The summed E-state index contributed by atoms with van der Waals surface area (Å²) in [6.45, 7) is 4.03. The molecule has 0 aromatic heterocycles. The smallest absolute Gasteiger partial charge is 0.488 e. The number of hydrogen-bond acceptors (Lipinski definition) is 4. The Bertz CT molecular complexity index is 439. The second kappa shape index (κ2) is 5.95. The van der Waals surface area contributed by atoms with E-state index in [-0.39, 0.29) is 0 Å². The molecular weight excluding hydrogens is 241 g/mol. The van der Waals surface area contributed by atoms with E-state index in [1.165, 1.54) is 6.42 Å². The molecule has 2 unspecified atom stereocenters. The second-order valence-corrected chi connectivity index (χ2v) is 5.61. The number of hydrogen-bond donors (Lipinski definition) is 2. The first-order chi connectivity index (χ1) is 9.01. The molecule has 0 radical (unpaired) electrons. The van der Waals surface area contributed by atoms with Crippen molar-refractivity contribution >= 4 is 12.6 Å². The van der Waals surface area contributed by atoms with E-state index in [0.29, 0.717) is 12.0 Å². The van der Waals surface area contributed by atoms with Gasteiger partial charge in [0.1, 0.15) is 5.75 Å². The van der Waals surface area contributed by atoms with Gasteiger partial charge in [-0.05, 0) is 48.5 Å². The molecule has 2 rings (SSSR count). The molecule has 0 heterocycles. The summed E-state index contributed by atoms with van der Waals surface area (Å²) in [5.41, 5.74) is 1.46. The van der Waals surface area contributed by atoms with Gasteiger partial charge in [0.2, 0.25) is 0 Å². The number of nitrogens with zero attached hydrogens (tertiary/aromatic N) is 1. The van der Waals surface area contributed by atoms with Crippen LogP contribution in [0.1, 0.15) is 18.9 Å². The monoisotopic (exact) mass is 263 g/mol. The molecular formula is C14H22BNO3. The second-order valence-electron chi connectivity index (χ2n) is 5.61. The first-order valence-corrected chi connectivity index (χ1v) is 6.72. The summed E-state index contributed by atoms with van der Waals surface area (Å²) in [7, 11) is 2.25. The lowest BCUT2D eigenvalue weighted by atomic mass is 9.77. The average molecular weight is 263 g/mol. The van der Waals surface area contributed by atoms with Gasteiger partial charge in [-0.1, -0.05) is 13.0 Å². The summed E-state index contributed by atoms with van der Waals surface area (Å²) in [6.07, 6.45) is 1.30. The molecule has 1 fully saturated rings. The molecule has 2 atom stereocenters. The van der Waals surface area contributed by atoms with Crippen LogP contribution >= 0.6 is 0 Å². The van der Waals surface area contributed by atoms with Gasteiger partial charge in [-0.15, -0.1) is 0 Å². The Kier molecular flexibility index (Phi) is 4.50. The zero-order valence-electron chi connectivity index (χ0n) is 11.8. The Morgan fingerprint density at radius 2 is 2.11 bits per heavy atom. The molecule has 2 N–H and O–H groups in total. The molecule has 0 bridgehead atoms. The quantitative estimate of drug-likeness (QED) is 0.732. The summed E-state index contributed by atoms with van der Waals surface area (Å²) >= 11 is 0. The fraction of sp³-hybridized carbons (Fsp3) is 0.571. The van der Waals surface area contributed by atoms with Crippen molar-refractivity contribution in [3.63, 3.8) is 0 Å². The lowest BCUT2D eigenvalue weighted by molar-refractivity contribution is 0.307. The van der Waals surface area contributed by atoms with Crippen LogP contribution in [0.15, 0.2) is 18.2 Å². The highest BCUT2D eigenvalue weighted by molar-refractivity contribution is 6.59. The van der Waals surface area contributed by atoms with Crippen molar-refractivity contribution < 1.29 is 14.8 Å². The van der Waals surface area contributed by atoms with Gasteiger partial charge in [0.15, 0.2) is 0 Å². The third-order valence-corrected chi connectivity index (χ3v) is 3.89. The maximum Gasteiger partial charge on any atom is 0.488 e. The van der Waals surface area contributed by atoms with E-state index in [9.17, 15) is 10.0 Å². The topological polar surface area (TPSA) is 52.9 Å². The Morgan fingerprint density at radius 1 is 1.42 bits per heavy atom. The number of benzene rings is 1. The highest BCUT2D eigenvalue weighted by atomic mass is 16.5. The predicted octanol–water partition coefficient (Wildman–Crippen LogP) is 0.463. The first-order valence-electron chi connectivity index (χ1n) is 6.72. The maximum absolute atomic E-state index is 9.41.